The second-order valence-corrected chi connectivity index (χ2v) is 5.75. The summed E-state index contributed by atoms with van der Waals surface area (Å²) < 4.78 is 0. The van der Waals surface area contributed by atoms with E-state index in [2.05, 4.69) is 43.1 Å². The van der Waals surface area contributed by atoms with E-state index < -0.39 is 0 Å². The smallest absolute Gasteiger partial charge is 0.0278 e. The van der Waals surface area contributed by atoms with Crippen LogP contribution in [-0.4, -0.2) is 35.6 Å². The lowest BCUT2D eigenvalue weighted by molar-refractivity contribution is 0.0498. The van der Waals surface area contributed by atoms with Gasteiger partial charge in [-0.1, -0.05) is 19.1 Å². The van der Waals surface area contributed by atoms with Gasteiger partial charge in [0.1, 0.15) is 0 Å². The van der Waals surface area contributed by atoms with Crippen LogP contribution in [0.4, 0.5) is 0 Å². The maximum atomic E-state index is 3.70. The molecule has 0 radical (unpaired) electrons. The Balaban J connectivity index is 2.03. The van der Waals surface area contributed by atoms with Crippen LogP contribution < -0.4 is 5.32 Å². The molecule has 2 nitrogen and oxygen atoms in total. The zero-order chi connectivity index (χ0) is 11.6. The number of nitrogens with zero attached hydrogens (tertiary/aromatic N) is 1. The molecular weight excluding hydrogens is 196 g/mol. The highest BCUT2D eigenvalue weighted by Crippen LogP contribution is 2.26. The van der Waals surface area contributed by atoms with Gasteiger partial charge >= 0.3 is 0 Å². The van der Waals surface area contributed by atoms with Gasteiger partial charge in [-0.05, 0) is 39.5 Å². The minimum atomic E-state index is 0.327. The lowest BCUT2D eigenvalue weighted by Gasteiger charge is -2.48. The molecule has 0 aromatic rings. The molecule has 0 saturated carbocycles. The van der Waals surface area contributed by atoms with Crippen LogP contribution in [0.1, 0.15) is 46.5 Å². The van der Waals surface area contributed by atoms with E-state index in [1.165, 1.54) is 32.2 Å². The zero-order valence-electron chi connectivity index (χ0n) is 11.0. The van der Waals surface area contributed by atoms with E-state index in [0.29, 0.717) is 11.6 Å². The van der Waals surface area contributed by atoms with Crippen LogP contribution >= 0.6 is 0 Å². The van der Waals surface area contributed by atoms with Crippen molar-refractivity contribution in [3.8, 4) is 0 Å². The Bertz CT molecular complexity index is 261. The molecule has 1 fully saturated rings. The summed E-state index contributed by atoms with van der Waals surface area (Å²) >= 11 is 0. The summed E-state index contributed by atoms with van der Waals surface area (Å²) in [5.74, 6) is 0. The van der Waals surface area contributed by atoms with Crippen molar-refractivity contribution < 1.29 is 0 Å². The van der Waals surface area contributed by atoms with Gasteiger partial charge in [0.25, 0.3) is 0 Å². The van der Waals surface area contributed by atoms with Crippen LogP contribution in [0.5, 0.6) is 0 Å². The van der Waals surface area contributed by atoms with Crippen LogP contribution in [0, 0.1) is 0 Å². The zero-order valence-corrected chi connectivity index (χ0v) is 11.0. The quantitative estimate of drug-likeness (QED) is 0.722. The largest absolute Gasteiger partial charge is 0.309 e. The van der Waals surface area contributed by atoms with E-state index >= 15 is 0 Å². The fourth-order valence-corrected chi connectivity index (χ4v) is 2.93. The highest BCUT2D eigenvalue weighted by atomic mass is 15.3. The summed E-state index contributed by atoms with van der Waals surface area (Å²) in [4.78, 5) is 2.74. The molecule has 1 aliphatic heterocycles. The molecule has 0 aromatic heterocycles. The van der Waals surface area contributed by atoms with E-state index in [4.69, 9.17) is 0 Å². The van der Waals surface area contributed by atoms with Gasteiger partial charge in [-0.3, -0.25) is 4.90 Å². The molecule has 0 spiro atoms. The predicted molar refractivity (Wildman–Crippen MR) is 69.6 cm³/mol. The van der Waals surface area contributed by atoms with E-state index in [-0.39, 0.29) is 0 Å². The van der Waals surface area contributed by atoms with Crippen molar-refractivity contribution in [1.82, 2.24) is 10.2 Å². The third-order valence-electron chi connectivity index (χ3n) is 4.41. The van der Waals surface area contributed by atoms with E-state index in [9.17, 15) is 0 Å². The van der Waals surface area contributed by atoms with Crippen molar-refractivity contribution in [3.05, 3.63) is 12.2 Å². The Morgan fingerprint density at radius 3 is 2.88 bits per heavy atom. The van der Waals surface area contributed by atoms with Crippen molar-refractivity contribution in [2.75, 3.05) is 13.1 Å². The van der Waals surface area contributed by atoms with Gasteiger partial charge in [-0.25, -0.2) is 0 Å². The SMILES string of the molecule is CCC1(C)CN(C2CC=CCC2)C(C)CN1. The first-order valence-corrected chi connectivity index (χ1v) is 6.80. The number of nitrogens with one attached hydrogen (secondary N) is 1. The third-order valence-corrected chi connectivity index (χ3v) is 4.41. The van der Waals surface area contributed by atoms with E-state index in [1.54, 1.807) is 0 Å². The summed E-state index contributed by atoms with van der Waals surface area (Å²) in [5, 5.41) is 3.70. The van der Waals surface area contributed by atoms with Crippen molar-refractivity contribution in [1.29, 1.82) is 0 Å². The molecule has 0 amide bonds. The van der Waals surface area contributed by atoms with Gasteiger partial charge in [0.15, 0.2) is 0 Å². The average molecular weight is 222 g/mol. The van der Waals surface area contributed by atoms with E-state index in [1.807, 2.05) is 0 Å². The molecule has 16 heavy (non-hydrogen) atoms. The molecule has 1 heterocycles. The average Bonchev–Trinajstić information content (AvgIpc) is 2.34. The van der Waals surface area contributed by atoms with Gasteiger partial charge in [0.05, 0.1) is 0 Å². The van der Waals surface area contributed by atoms with Gasteiger partial charge in [0, 0.05) is 30.7 Å². The second-order valence-electron chi connectivity index (χ2n) is 5.75. The Labute approximate surface area is 100 Å². The molecule has 2 aliphatic rings. The maximum absolute atomic E-state index is 3.70. The standard InChI is InChI=1S/C14H26N2/c1-4-14(3)11-16(12(2)10-15-14)13-8-6-5-7-9-13/h5-6,12-13,15H,4,7-11H2,1-3H3. The Morgan fingerprint density at radius 1 is 1.44 bits per heavy atom. The fraction of sp³-hybridized carbons (Fsp3) is 0.857. The number of allylic oxidation sites excluding steroid dienone is 1. The first-order valence-electron chi connectivity index (χ1n) is 6.80. The Kier molecular flexibility index (Phi) is 3.70. The summed E-state index contributed by atoms with van der Waals surface area (Å²) in [6.45, 7) is 9.38. The highest BCUT2D eigenvalue weighted by Gasteiger charge is 2.35. The first-order chi connectivity index (χ1) is 7.64. The first kappa shape index (κ1) is 12.1. The van der Waals surface area contributed by atoms with Crippen molar-refractivity contribution in [2.45, 2.75) is 64.1 Å². The summed E-state index contributed by atoms with van der Waals surface area (Å²) in [6.07, 6.45) is 9.79. The van der Waals surface area contributed by atoms with E-state index in [0.717, 1.165) is 12.6 Å². The molecule has 2 rings (SSSR count). The molecule has 0 bridgehead atoms. The molecule has 0 aromatic carbocycles. The van der Waals surface area contributed by atoms with Crippen molar-refractivity contribution in [2.24, 2.45) is 0 Å². The number of rotatable bonds is 2. The van der Waals surface area contributed by atoms with Crippen LogP contribution in [0.15, 0.2) is 12.2 Å². The van der Waals surface area contributed by atoms with Gasteiger partial charge in [-0.2, -0.15) is 0 Å². The van der Waals surface area contributed by atoms with Crippen LogP contribution in [0.3, 0.4) is 0 Å². The third kappa shape index (κ3) is 2.49. The molecule has 1 N–H and O–H groups in total. The minimum absolute atomic E-state index is 0.327. The normalized spacial score (nSPS) is 41.2. The molecule has 2 heteroatoms. The predicted octanol–water partition coefficient (Wildman–Crippen LogP) is 2.56. The summed E-state index contributed by atoms with van der Waals surface area (Å²) in [7, 11) is 0. The lowest BCUT2D eigenvalue weighted by atomic mass is 9.90. The van der Waals surface area contributed by atoms with Crippen molar-refractivity contribution >= 4 is 0 Å². The fourth-order valence-electron chi connectivity index (χ4n) is 2.93. The Morgan fingerprint density at radius 2 is 2.25 bits per heavy atom. The Hall–Kier alpha value is -0.340. The number of hydrogen-bond acceptors (Lipinski definition) is 2. The lowest BCUT2D eigenvalue weighted by Crippen LogP contribution is -2.64. The molecule has 1 aliphatic carbocycles. The van der Waals surface area contributed by atoms with Crippen molar-refractivity contribution in [3.63, 3.8) is 0 Å². The number of piperazine rings is 1. The molecule has 3 atom stereocenters. The molecule has 1 saturated heterocycles. The van der Waals surface area contributed by atoms with Crippen LogP contribution in [0.25, 0.3) is 0 Å². The topological polar surface area (TPSA) is 15.3 Å². The summed E-state index contributed by atoms with van der Waals surface area (Å²) in [5.41, 5.74) is 0.327. The van der Waals surface area contributed by atoms with Gasteiger partial charge < -0.3 is 5.32 Å². The maximum Gasteiger partial charge on any atom is 0.0278 e. The molecular formula is C14H26N2. The highest BCUT2D eigenvalue weighted by molar-refractivity contribution is 5.00. The van der Waals surface area contributed by atoms with Gasteiger partial charge in [-0.15, -0.1) is 0 Å². The second kappa shape index (κ2) is 4.89. The summed E-state index contributed by atoms with van der Waals surface area (Å²) in [6, 6.07) is 1.48. The molecule has 3 unspecified atom stereocenters. The van der Waals surface area contributed by atoms with Crippen LogP contribution in [0.2, 0.25) is 0 Å². The minimum Gasteiger partial charge on any atom is -0.309 e. The van der Waals surface area contributed by atoms with Crippen LogP contribution in [-0.2, 0) is 0 Å². The monoisotopic (exact) mass is 222 g/mol. The molecule has 92 valence electrons. The van der Waals surface area contributed by atoms with Gasteiger partial charge in [0.2, 0.25) is 0 Å². The number of hydrogen-bond donors (Lipinski definition) is 1.